The van der Waals surface area contributed by atoms with Gasteiger partial charge < -0.3 is 33.7 Å². The summed E-state index contributed by atoms with van der Waals surface area (Å²) < 4.78 is 42.4. The summed E-state index contributed by atoms with van der Waals surface area (Å²) in [7, 11) is 1.44. The molecular formula is C29H33FN4O8. The summed E-state index contributed by atoms with van der Waals surface area (Å²) in [5.41, 5.74) is 0.504. The van der Waals surface area contributed by atoms with Crippen molar-refractivity contribution in [2.24, 2.45) is 0 Å². The molecule has 0 bridgehead atoms. The molecule has 5 rings (SSSR count). The Kier molecular flexibility index (Phi) is 8.21. The first-order chi connectivity index (χ1) is 20.0. The van der Waals surface area contributed by atoms with Crippen LogP contribution in [0.25, 0.3) is 11.0 Å². The largest absolute Gasteiger partial charge is 0.486 e. The van der Waals surface area contributed by atoms with Gasteiger partial charge in [-0.2, -0.15) is 0 Å². The van der Waals surface area contributed by atoms with Crippen LogP contribution < -0.4 is 19.1 Å². The lowest BCUT2D eigenvalue weighted by Crippen LogP contribution is -2.40. The van der Waals surface area contributed by atoms with Crippen molar-refractivity contribution in [3.8, 4) is 17.4 Å². The Hall–Kier alpha value is -4.39. The molecular weight excluding hydrogens is 551 g/mol. The molecule has 0 saturated carbocycles. The van der Waals surface area contributed by atoms with Gasteiger partial charge in [0, 0.05) is 24.2 Å². The van der Waals surface area contributed by atoms with E-state index in [0.717, 1.165) is 6.20 Å². The van der Waals surface area contributed by atoms with Crippen molar-refractivity contribution in [3.63, 3.8) is 0 Å². The molecule has 1 N–H and O–H groups in total. The van der Waals surface area contributed by atoms with Crippen LogP contribution in [0.4, 0.5) is 19.7 Å². The molecule has 2 aliphatic rings. The van der Waals surface area contributed by atoms with Crippen LogP contribution in [0, 0.1) is 5.82 Å². The van der Waals surface area contributed by atoms with Crippen LogP contribution in [0.15, 0.2) is 36.5 Å². The smallest absolute Gasteiger partial charge is 0.414 e. The highest BCUT2D eigenvalue weighted by atomic mass is 19.1. The van der Waals surface area contributed by atoms with Crippen LogP contribution in [0.5, 0.6) is 17.4 Å². The van der Waals surface area contributed by atoms with Crippen molar-refractivity contribution in [2.45, 2.75) is 51.5 Å². The van der Waals surface area contributed by atoms with E-state index >= 15 is 4.39 Å². The number of rotatable bonds is 8. The number of anilines is 1. The number of pyridine rings is 2. The summed E-state index contributed by atoms with van der Waals surface area (Å²) >= 11 is 0. The second-order valence-electron chi connectivity index (χ2n) is 10.9. The number of methoxy groups -OCH3 is 1. The highest BCUT2D eigenvalue weighted by Gasteiger charge is 2.38. The number of aliphatic hydroxyl groups is 1. The maximum Gasteiger partial charge on any atom is 0.414 e. The van der Waals surface area contributed by atoms with E-state index in [1.807, 2.05) is 0 Å². The normalized spacial score (nSPS) is 17.1. The van der Waals surface area contributed by atoms with E-state index in [9.17, 15) is 14.7 Å². The zero-order valence-electron chi connectivity index (χ0n) is 23.8. The number of benzene rings is 1. The minimum Gasteiger partial charge on any atom is -0.486 e. The summed E-state index contributed by atoms with van der Waals surface area (Å²) in [5, 5.41) is 11.0. The molecule has 0 spiro atoms. The number of ether oxygens (including phenoxy) is 5. The van der Waals surface area contributed by atoms with Gasteiger partial charge in [-0.25, -0.2) is 19.0 Å². The van der Waals surface area contributed by atoms with Crippen LogP contribution in [0.2, 0.25) is 0 Å². The van der Waals surface area contributed by atoms with Crippen molar-refractivity contribution in [3.05, 3.63) is 47.9 Å². The number of hydrogen-bond donors (Lipinski definition) is 1. The summed E-state index contributed by atoms with van der Waals surface area (Å²) in [6.07, 6.45) is -2.23. The molecule has 2 aromatic heterocycles. The molecule has 1 saturated heterocycles. The van der Waals surface area contributed by atoms with Gasteiger partial charge in [-0.15, -0.1) is 0 Å². The third-order valence-electron chi connectivity index (χ3n) is 6.75. The van der Waals surface area contributed by atoms with Crippen molar-refractivity contribution in [1.29, 1.82) is 0 Å². The number of nitrogens with zero attached hydrogens (tertiary/aromatic N) is 4. The predicted molar refractivity (Wildman–Crippen MR) is 148 cm³/mol. The van der Waals surface area contributed by atoms with E-state index in [2.05, 4.69) is 9.97 Å². The Morgan fingerprint density at radius 1 is 1.21 bits per heavy atom. The molecule has 3 aromatic rings. The molecule has 0 aliphatic carbocycles. The molecule has 0 radical (unpaired) electrons. The minimum atomic E-state index is -1.13. The van der Waals surface area contributed by atoms with Gasteiger partial charge in [-0.05, 0) is 45.4 Å². The number of cyclic esters (lactones) is 1. The summed E-state index contributed by atoms with van der Waals surface area (Å²) in [6, 6.07) is 8.37. The molecule has 12 nitrogen and oxygen atoms in total. The Labute approximate surface area is 241 Å². The maximum absolute atomic E-state index is 15.1. The fraction of sp³-hybridized carbons (Fsp3) is 0.448. The van der Waals surface area contributed by atoms with E-state index in [1.165, 1.54) is 16.9 Å². The van der Waals surface area contributed by atoms with Crippen molar-refractivity contribution in [2.75, 3.05) is 38.3 Å². The second kappa shape index (κ2) is 11.8. The van der Waals surface area contributed by atoms with Crippen molar-refractivity contribution < 1.29 is 42.8 Å². The first-order valence-electron chi connectivity index (χ1n) is 13.5. The quantitative estimate of drug-likeness (QED) is 0.413. The molecule has 2 amide bonds. The number of fused-ring (bicyclic) bond motifs is 2. The third kappa shape index (κ3) is 6.40. The monoisotopic (exact) mass is 584 g/mol. The Morgan fingerprint density at radius 2 is 1.98 bits per heavy atom. The molecule has 224 valence electrons. The number of carbonyl (C=O) groups is 2. The number of carbonyl (C=O) groups excluding carboxylic acids is 2. The molecule has 2 atom stereocenters. The fourth-order valence-corrected chi connectivity index (χ4v) is 4.66. The Morgan fingerprint density at radius 3 is 2.71 bits per heavy atom. The molecule has 42 heavy (non-hydrogen) atoms. The number of aromatic nitrogens is 2. The Balaban J connectivity index is 1.31. The van der Waals surface area contributed by atoms with Crippen LogP contribution in [0.1, 0.15) is 32.8 Å². The zero-order valence-corrected chi connectivity index (χ0v) is 23.8. The second-order valence-corrected chi connectivity index (χ2v) is 10.9. The lowest BCUT2D eigenvalue weighted by atomic mass is 10.1. The van der Waals surface area contributed by atoms with E-state index < -0.39 is 35.8 Å². The summed E-state index contributed by atoms with van der Waals surface area (Å²) in [5.74, 6) is 0.716. The van der Waals surface area contributed by atoms with Gasteiger partial charge in [0.2, 0.25) is 5.88 Å². The van der Waals surface area contributed by atoms with Crippen LogP contribution in [-0.2, 0) is 16.0 Å². The number of halogens is 1. The number of amides is 2. The van der Waals surface area contributed by atoms with Gasteiger partial charge in [0.1, 0.15) is 36.3 Å². The number of hydrogen-bond acceptors (Lipinski definition) is 10. The van der Waals surface area contributed by atoms with E-state index in [0.29, 0.717) is 35.9 Å². The lowest BCUT2D eigenvalue weighted by molar-refractivity contribution is 0.00638. The molecule has 1 fully saturated rings. The topological polar surface area (TPSA) is 133 Å². The fourth-order valence-electron chi connectivity index (χ4n) is 4.66. The molecule has 1 aromatic carbocycles. The molecule has 4 heterocycles. The minimum absolute atomic E-state index is 0.0214. The Bertz CT molecular complexity index is 1480. The predicted octanol–water partition coefficient (Wildman–Crippen LogP) is 4.06. The van der Waals surface area contributed by atoms with E-state index in [1.54, 1.807) is 51.1 Å². The van der Waals surface area contributed by atoms with Crippen LogP contribution in [0.3, 0.4) is 0 Å². The van der Waals surface area contributed by atoms with Gasteiger partial charge in [-0.3, -0.25) is 9.88 Å². The third-order valence-corrected chi connectivity index (χ3v) is 6.75. The highest BCUT2D eigenvalue weighted by molar-refractivity contribution is 5.90. The van der Waals surface area contributed by atoms with Gasteiger partial charge in [0.25, 0.3) is 0 Å². The number of aliphatic hydroxyl groups excluding tert-OH is 1. The van der Waals surface area contributed by atoms with Crippen molar-refractivity contribution >= 4 is 28.9 Å². The average molecular weight is 585 g/mol. The lowest BCUT2D eigenvalue weighted by Gasteiger charge is -2.29. The average Bonchev–Trinajstić information content (AvgIpc) is 3.36. The molecule has 2 aliphatic heterocycles. The van der Waals surface area contributed by atoms with Gasteiger partial charge in [0.05, 0.1) is 43.7 Å². The summed E-state index contributed by atoms with van der Waals surface area (Å²) in [4.78, 5) is 37.0. The maximum atomic E-state index is 15.1. The van der Waals surface area contributed by atoms with E-state index in [4.69, 9.17) is 23.7 Å². The van der Waals surface area contributed by atoms with E-state index in [-0.39, 0.29) is 43.0 Å². The van der Waals surface area contributed by atoms with Gasteiger partial charge >= 0.3 is 12.2 Å². The van der Waals surface area contributed by atoms with Crippen LogP contribution >= 0.6 is 0 Å². The standard InChI is InChI=1S/C29H33FN4O8/c1-29(2,3)42-27(36)33(15-18-19(30)14-31-20-6-8-25(38-4)32-26(18)20)10-9-21(35)24-16-34(28(37)41-24)17-5-7-22-23(13-17)40-12-11-39-22/h5-8,13-14,21,24,35H,9-12,15-16H2,1-4H3/t21-,24+/m1/s1. The SMILES string of the molecule is COc1ccc2ncc(F)c(CN(CC[C@@H](O)[C@@H]3CN(c4ccc5c(c4)OCCO5)C(=O)O3)C(=O)OC(C)(C)C)c2n1. The zero-order chi connectivity index (χ0) is 30.0. The first kappa shape index (κ1) is 29.1. The molecule has 13 heteroatoms. The summed E-state index contributed by atoms with van der Waals surface area (Å²) in [6.45, 7) is 5.85. The van der Waals surface area contributed by atoms with Gasteiger partial charge in [-0.1, -0.05) is 0 Å². The van der Waals surface area contributed by atoms with Crippen LogP contribution in [-0.4, -0.2) is 83.4 Å². The van der Waals surface area contributed by atoms with Gasteiger partial charge in [0.15, 0.2) is 11.5 Å². The first-order valence-corrected chi connectivity index (χ1v) is 13.5. The molecule has 0 unspecified atom stereocenters. The van der Waals surface area contributed by atoms with Crippen molar-refractivity contribution in [1.82, 2.24) is 14.9 Å². The highest BCUT2D eigenvalue weighted by Crippen LogP contribution is 2.35.